The van der Waals surface area contributed by atoms with E-state index in [0.717, 1.165) is 40.9 Å². The van der Waals surface area contributed by atoms with E-state index in [1.54, 1.807) is 24.3 Å². The van der Waals surface area contributed by atoms with Crippen LogP contribution in [0.2, 0.25) is 0 Å². The molecule has 7 rings (SSSR count). The van der Waals surface area contributed by atoms with Crippen molar-refractivity contribution in [3.05, 3.63) is 47.7 Å². The fourth-order valence-electron chi connectivity index (χ4n) is 7.44. The van der Waals surface area contributed by atoms with Gasteiger partial charge >= 0.3 is 0 Å². The molecular weight excluding hydrogens is 482 g/mol. The maximum Gasteiger partial charge on any atom is 0.182 e. The predicted molar refractivity (Wildman–Crippen MR) is 145 cm³/mol. The van der Waals surface area contributed by atoms with E-state index >= 15 is 0 Å². The Balaban J connectivity index is 1.09. The van der Waals surface area contributed by atoms with E-state index in [2.05, 4.69) is 29.0 Å². The molecule has 0 radical (unpaired) electrons. The second-order valence-electron chi connectivity index (χ2n) is 12.0. The van der Waals surface area contributed by atoms with E-state index in [1.807, 2.05) is 4.52 Å². The summed E-state index contributed by atoms with van der Waals surface area (Å²) in [6.45, 7) is 4.73. The first-order valence-electron chi connectivity index (χ1n) is 14.0. The van der Waals surface area contributed by atoms with Gasteiger partial charge in [0.1, 0.15) is 0 Å². The van der Waals surface area contributed by atoms with Crippen molar-refractivity contribution in [2.24, 2.45) is 0 Å². The SMILES string of the molecule is Cc1cc(C2CC3CCC(C2)N3C2CCN(C3CC3)CC2)cn2nc(-c3ccc(S(C)(=O)=O)cc3)nc12. The van der Waals surface area contributed by atoms with Crippen LogP contribution in [-0.2, 0) is 9.84 Å². The number of aryl methyl sites for hydroxylation is 1. The molecule has 7 nitrogen and oxygen atoms in total. The van der Waals surface area contributed by atoms with Crippen molar-refractivity contribution in [1.29, 1.82) is 0 Å². The molecule has 3 aliphatic heterocycles. The summed E-state index contributed by atoms with van der Waals surface area (Å²) in [5, 5.41) is 4.80. The fourth-order valence-corrected chi connectivity index (χ4v) is 8.07. The molecule has 2 aromatic heterocycles. The van der Waals surface area contributed by atoms with Crippen LogP contribution in [0.15, 0.2) is 41.4 Å². The lowest BCUT2D eigenvalue weighted by atomic mass is 9.83. The first-order valence-corrected chi connectivity index (χ1v) is 15.9. The lowest BCUT2D eigenvalue weighted by molar-refractivity contribution is 0.0359. The highest BCUT2D eigenvalue weighted by atomic mass is 32.2. The van der Waals surface area contributed by atoms with Crippen LogP contribution in [0.4, 0.5) is 0 Å². The van der Waals surface area contributed by atoms with Crippen LogP contribution in [0.1, 0.15) is 68.4 Å². The Labute approximate surface area is 219 Å². The summed E-state index contributed by atoms with van der Waals surface area (Å²) in [6, 6.07) is 12.3. The van der Waals surface area contributed by atoms with Gasteiger partial charge in [-0.3, -0.25) is 4.90 Å². The van der Waals surface area contributed by atoms with Crippen molar-refractivity contribution in [1.82, 2.24) is 24.4 Å². The summed E-state index contributed by atoms with van der Waals surface area (Å²) >= 11 is 0. The number of hydrogen-bond donors (Lipinski definition) is 0. The number of rotatable bonds is 5. The summed E-state index contributed by atoms with van der Waals surface area (Å²) in [7, 11) is -3.22. The van der Waals surface area contributed by atoms with Gasteiger partial charge in [-0.1, -0.05) is 6.07 Å². The molecule has 5 heterocycles. The van der Waals surface area contributed by atoms with Gasteiger partial charge in [-0.25, -0.2) is 17.9 Å². The van der Waals surface area contributed by atoms with Gasteiger partial charge in [0, 0.05) is 42.2 Å². The van der Waals surface area contributed by atoms with Gasteiger partial charge in [0.05, 0.1) is 4.90 Å². The zero-order valence-corrected chi connectivity index (χ0v) is 22.7. The molecule has 4 fully saturated rings. The summed E-state index contributed by atoms with van der Waals surface area (Å²) in [5.74, 6) is 1.21. The Morgan fingerprint density at radius 2 is 1.51 bits per heavy atom. The average molecular weight is 520 g/mol. The van der Waals surface area contributed by atoms with Gasteiger partial charge in [0.2, 0.25) is 0 Å². The van der Waals surface area contributed by atoms with Crippen LogP contribution in [0.5, 0.6) is 0 Å². The molecule has 3 aromatic rings. The van der Waals surface area contributed by atoms with Crippen LogP contribution in [0, 0.1) is 6.92 Å². The highest BCUT2D eigenvalue weighted by molar-refractivity contribution is 7.90. The number of nitrogens with zero attached hydrogens (tertiary/aromatic N) is 5. The first kappa shape index (κ1) is 23.8. The zero-order chi connectivity index (χ0) is 25.3. The molecule has 0 amide bonds. The first-order chi connectivity index (χ1) is 17.8. The lowest BCUT2D eigenvalue weighted by Gasteiger charge is -2.46. The maximum atomic E-state index is 11.8. The third-order valence-corrected chi connectivity index (χ3v) is 10.6. The molecule has 37 heavy (non-hydrogen) atoms. The lowest BCUT2D eigenvalue weighted by Crippen LogP contribution is -2.52. The van der Waals surface area contributed by atoms with Gasteiger partial charge in [0.25, 0.3) is 0 Å². The number of fused-ring (bicyclic) bond motifs is 3. The zero-order valence-electron chi connectivity index (χ0n) is 21.9. The smallest absolute Gasteiger partial charge is 0.182 e. The standard InChI is InChI=1S/C29H37N5O2S/c1-19-15-22(18-33-29(19)30-28(31-33)20-3-9-27(10-4-20)37(2,35)36)21-16-25-7-8-26(17-21)34(25)24-11-13-32(14-12-24)23-5-6-23/h3-4,9-10,15,18,21,23-26H,5-8,11-14,16-17H2,1-2H3. The number of hydrogen-bond acceptors (Lipinski definition) is 6. The molecule has 1 saturated carbocycles. The number of benzene rings is 1. The summed E-state index contributed by atoms with van der Waals surface area (Å²) < 4.78 is 25.6. The van der Waals surface area contributed by atoms with Crippen molar-refractivity contribution in [2.75, 3.05) is 19.3 Å². The van der Waals surface area contributed by atoms with Gasteiger partial charge in [-0.15, -0.1) is 5.10 Å². The van der Waals surface area contributed by atoms with E-state index in [1.165, 1.54) is 76.3 Å². The molecule has 1 aromatic carbocycles. The number of sulfone groups is 1. The molecule has 2 unspecified atom stereocenters. The Kier molecular flexibility index (Phi) is 5.72. The normalized spacial score (nSPS) is 27.8. The van der Waals surface area contributed by atoms with Crippen LogP contribution < -0.4 is 0 Å². The van der Waals surface area contributed by atoms with Crippen molar-refractivity contribution < 1.29 is 8.42 Å². The van der Waals surface area contributed by atoms with E-state index in [0.29, 0.717) is 16.6 Å². The quantitative estimate of drug-likeness (QED) is 0.496. The molecular formula is C29H37N5O2S. The van der Waals surface area contributed by atoms with Gasteiger partial charge < -0.3 is 4.90 Å². The summed E-state index contributed by atoms with van der Waals surface area (Å²) in [6.07, 6.45) is 14.2. The number of pyridine rings is 1. The second kappa shape index (κ2) is 8.89. The monoisotopic (exact) mass is 519 g/mol. The van der Waals surface area contributed by atoms with E-state index in [4.69, 9.17) is 10.1 Å². The Morgan fingerprint density at radius 1 is 0.865 bits per heavy atom. The highest BCUT2D eigenvalue weighted by Crippen LogP contribution is 2.46. The average Bonchev–Trinajstić information content (AvgIpc) is 3.59. The van der Waals surface area contributed by atoms with Crippen LogP contribution in [0.3, 0.4) is 0 Å². The molecule has 196 valence electrons. The topological polar surface area (TPSA) is 70.8 Å². The van der Waals surface area contributed by atoms with E-state index < -0.39 is 9.84 Å². The molecule has 2 atom stereocenters. The molecule has 0 N–H and O–H groups in total. The van der Waals surface area contributed by atoms with Gasteiger partial charge in [-0.05, 0) is 113 Å². The molecule has 2 bridgehead atoms. The Hall–Kier alpha value is -2.29. The molecule has 8 heteroatoms. The minimum atomic E-state index is -3.22. The third-order valence-electron chi connectivity index (χ3n) is 9.42. The number of likely N-dealkylation sites (tertiary alicyclic amines) is 1. The predicted octanol–water partition coefficient (Wildman–Crippen LogP) is 4.45. The summed E-state index contributed by atoms with van der Waals surface area (Å²) in [5.41, 5.74) is 4.23. The molecule has 3 saturated heterocycles. The van der Waals surface area contributed by atoms with E-state index in [-0.39, 0.29) is 0 Å². The summed E-state index contributed by atoms with van der Waals surface area (Å²) in [4.78, 5) is 10.8. The highest BCUT2D eigenvalue weighted by Gasteiger charge is 2.45. The minimum absolute atomic E-state index is 0.313. The third kappa shape index (κ3) is 4.41. The molecule has 0 spiro atoms. The van der Waals surface area contributed by atoms with Gasteiger partial charge in [0.15, 0.2) is 21.3 Å². The number of piperidine rings is 2. The van der Waals surface area contributed by atoms with Crippen LogP contribution >= 0.6 is 0 Å². The van der Waals surface area contributed by atoms with Gasteiger partial charge in [-0.2, -0.15) is 0 Å². The molecule has 1 aliphatic carbocycles. The second-order valence-corrected chi connectivity index (χ2v) is 14.0. The van der Waals surface area contributed by atoms with Crippen molar-refractivity contribution in [3.63, 3.8) is 0 Å². The van der Waals surface area contributed by atoms with E-state index in [9.17, 15) is 8.42 Å². The number of aromatic nitrogens is 3. The molecule has 4 aliphatic rings. The van der Waals surface area contributed by atoms with Crippen LogP contribution in [0.25, 0.3) is 17.0 Å². The van der Waals surface area contributed by atoms with Crippen molar-refractivity contribution in [2.45, 2.75) is 93.3 Å². The maximum absolute atomic E-state index is 11.8. The Morgan fingerprint density at radius 3 is 2.14 bits per heavy atom. The van der Waals surface area contributed by atoms with Crippen molar-refractivity contribution in [3.8, 4) is 11.4 Å². The largest absolute Gasteiger partial charge is 0.300 e. The Bertz CT molecular complexity index is 1410. The van der Waals surface area contributed by atoms with Crippen molar-refractivity contribution >= 4 is 15.5 Å². The minimum Gasteiger partial charge on any atom is -0.300 e. The van der Waals surface area contributed by atoms with Crippen LogP contribution in [-0.4, -0.2) is 76.3 Å². The fraction of sp³-hybridized carbons (Fsp3) is 0.586.